The van der Waals surface area contributed by atoms with Gasteiger partial charge in [-0.1, -0.05) is 25.6 Å². The van der Waals surface area contributed by atoms with Crippen LogP contribution in [0.2, 0.25) is 0 Å². The van der Waals surface area contributed by atoms with E-state index >= 15 is 0 Å². The molecule has 0 atom stereocenters. The number of benzene rings is 1. The average Bonchev–Trinajstić information content (AvgIpc) is 2.68. The molecule has 28 heavy (non-hydrogen) atoms. The maximum absolute atomic E-state index is 13.0. The van der Waals surface area contributed by atoms with Crippen LogP contribution >= 0.6 is 11.8 Å². The fraction of sp³-hybridized carbons (Fsp3) is 0.500. The zero-order valence-electron chi connectivity index (χ0n) is 17.0. The van der Waals surface area contributed by atoms with E-state index in [2.05, 4.69) is 4.98 Å². The topological polar surface area (TPSA) is 81.5 Å². The molecule has 1 aromatic heterocycles. The minimum Gasteiger partial charge on any atom is -0.465 e. The highest BCUT2D eigenvalue weighted by Crippen LogP contribution is 2.20. The molecular weight excluding hydrogens is 378 g/mol. The summed E-state index contributed by atoms with van der Waals surface area (Å²) in [6.45, 7) is 9.69. The van der Waals surface area contributed by atoms with Crippen LogP contribution in [0.1, 0.15) is 38.1 Å². The molecule has 2 rings (SSSR count). The molecule has 0 aliphatic rings. The standard InChI is InChI=1S/C20H27N3O4S/c1-6-22(7-2)17(24)12-28-20-21-16-10-14(19(26)27-5)8-9-15(16)18(25)23(20)11-13(3)4/h8-10,13H,6-7,11-12H2,1-5H3. The summed E-state index contributed by atoms with van der Waals surface area (Å²) in [4.78, 5) is 43.5. The summed E-state index contributed by atoms with van der Waals surface area (Å²) in [6, 6.07) is 4.72. The van der Waals surface area contributed by atoms with E-state index < -0.39 is 5.97 Å². The van der Waals surface area contributed by atoms with Crippen LogP contribution < -0.4 is 5.56 Å². The third-order valence-electron chi connectivity index (χ3n) is 4.33. The molecule has 7 nitrogen and oxygen atoms in total. The molecule has 152 valence electrons. The molecule has 0 saturated carbocycles. The Morgan fingerprint density at radius 3 is 2.50 bits per heavy atom. The monoisotopic (exact) mass is 405 g/mol. The van der Waals surface area contributed by atoms with Gasteiger partial charge in [0, 0.05) is 19.6 Å². The smallest absolute Gasteiger partial charge is 0.337 e. The van der Waals surface area contributed by atoms with E-state index in [0.717, 1.165) is 0 Å². The van der Waals surface area contributed by atoms with E-state index in [1.165, 1.54) is 18.9 Å². The van der Waals surface area contributed by atoms with Gasteiger partial charge in [-0.25, -0.2) is 9.78 Å². The first-order chi connectivity index (χ1) is 13.3. The number of thioether (sulfide) groups is 1. The Balaban J connectivity index is 2.49. The van der Waals surface area contributed by atoms with Gasteiger partial charge in [-0.2, -0.15) is 0 Å². The highest BCUT2D eigenvalue weighted by atomic mass is 32.2. The number of fused-ring (bicyclic) bond motifs is 1. The molecule has 0 N–H and O–H groups in total. The second-order valence-corrected chi connectivity index (χ2v) is 7.72. The molecule has 1 amide bonds. The summed E-state index contributed by atoms with van der Waals surface area (Å²) in [5.74, 6) is -0.0390. The first kappa shape index (κ1) is 21.9. The Kier molecular flexibility index (Phi) is 7.62. The largest absolute Gasteiger partial charge is 0.465 e. The third-order valence-corrected chi connectivity index (χ3v) is 5.29. The summed E-state index contributed by atoms with van der Waals surface area (Å²) in [5, 5.41) is 0.918. The number of hydrogen-bond acceptors (Lipinski definition) is 6. The van der Waals surface area contributed by atoms with Gasteiger partial charge in [0.25, 0.3) is 5.56 Å². The molecule has 0 aliphatic carbocycles. The summed E-state index contributed by atoms with van der Waals surface area (Å²) in [6.07, 6.45) is 0. The number of nitrogens with zero attached hydrogens (tertiary/aromatic N) is 3. The number of ether oxygens (including phenoxy) is 1. The molecule has 0 bridgehead atoms. The Morgan fingerprint density at radius 1 is 1.25 bits per heavy atom. The van der Waals surface area contributed by atoms with Crippen molar-refractivity contribution in [2.45, 2.75) is 39.4 Å². The summed E-state index contributed by atoms with van der Waals surface area (Å²) in [5.41, 5.74) is 0.581. The number of aromatic nitrogens is 2. The van der Waals surface area contributed by atoms with E-state index in [-0.39, 0.29) is 23.1 Å². The summed E-state index contributed by atoms with van der Waals surface area (Å²) in [7, 11) is 1.31. The van der Waals surface area contributed by atoms with E-state index in [4.69, 9.17) is 4.74 Å². The van der Waals surface area contributed by atoms with Gasteiger partial charge >= 0.3 is 5.97 Å². The summed E-state index contributed by atoms with van der Waals surface area (Å²) >= 11 is 1.25. The van der Waals surface area contributed by atoms with Gasteiger partial charge in [0.2, 0.25) is 5.91 Å². The average molecular weight is 406 g/mol. The van der Waals surface area contributed by atoms with Crippen molar-refractivity contribution in [2.75, 3.05) is 26.0 Å². The molecule has 2 aromatic rings. The van der Waals surface area contributed by atoms with Crippen LogP contribution in [-0.2, 0) is 16.1 Å². The van der Waals surface area contributed by atoms with Crippen LogP contribution in [0.5, 0.6) is 0 Å². The molecular formula is C20H27N3O4S. The Labute approximate surface area is 169 Å². The van der Waals surface area contributed by atoms with Crippen molar-refractivity contribution in [1.29, 1.82) is 0 Å². The van der Waals surface area contributed by atoms with Crippen LogP contribution in [0.4, 0.5) is 0 Å². The van der Waals surface area contributed by atoms with Crippen molar-refractivity contribution in [1.82, 2.24) is 14.5 Å². The molecule has 8 heteroatoms. The van der Waals surface area contributed by atoms with Crippen LogP contribution in [0.25, 0.3) is 10.9 Å². The number of amides is 1. The predicted octanol–water partition coefficient (Wildman–Crippen LogP) is 2.80. The minimum atomic E-state index is -0.485. The van der Waals surface area contributed by atoms with Crippen molar-refractivity contribution in [3.63, 3.8) is 0 Å². The van der Waals surface area contributed by atoms with Gasteiger partial charge < -0.3 is 9.64 Å². The fourth-order valence-electron chi connectivity index (χ4n) is 2.88. The highest BCUT2D eigenvalue weighted by molar-refractivity contribution is 7.99. The van der Waals surface area contributed by atoms with E-state index in [1.807, 2.05) is 27.7 Å². The lowest BCUT2D eigenvalue weighted by molar-refractivity contribution is -0.127. The lowest BCUT2D eigenvalue weighted by Crippen LogP contribution is -2.32. The van der Waals surface area contributed by atoms with Gasteiger partial charge in [0.05, 0.1) is 29.3 Å². The van der Waals surface area contributed by atoms with Crippen LogP contribution in [-0.4, -0.2) is 52.3 Å². The number of carbonyl (C=O) groups is 2. The second kappa shape index (κ2) is 9.73. The SMILES string of the molecule is CCN(CC)C(=O)CSc1nc2cc(C(=O)OC)ccc2c(=O)n1CC(C)C. The zero-order valence-corrected chi connectivity index (χ0v) is 17.8. The van der Waals surface area contributed by atoms with E-state index in [1.54, 1.807) is 27.7 Å². The third kappa shape index (κ3) is 4.92. The molecule has 0 unspecified atom stereocenters. The van der Waals surface area contributed by atoms with Crippen molar-refractivity contribution in [3.8, 4) is 0 Å². The first-order valence-corrected chi connectivity index (χ1v) is 10.3. The maximum atomic E-state index is 13.0. The molecule has 0 radical (unpaired) electrons. The van der Waals surface area contributed by atoms with Gasteiger partial charge in [-0.3, -0.25) is 14.2 Å². The van der Waals surface area contributed by atoms with E-state index in [9.17, 15) is 14.4 Å². The molecule has 1 heterocycles. The molecule has 0 aliphatic heterocycles. The highest BCUT2D eigenvalue weighted by Gasteiger charge is 2.17. The van der Waals surface area contributed by atoms with Gasteiger partial charge in [-0.15, -0.1) is 0 Å². The van der Waals surface area contributed by atoms with Gasteiger partial charge in [-0.05, 0) is 38.0 Å². The Hall–Kier alpha value is -2.35. The van der Waals surface area contributed by atoms with Crippen molar-refractivity contribution in [2.24, 2.45) is 5.92 Å². The maximum Gasteiger partial charge on any atom is 0.337 e. The zero-order chi connectivity index (χ0) is 20.8. The number of hydrogen-bond donors (Lipinski definition) is 0. The normalized spacial score (nSPS) is 11.1. The number of carbonyl (C=O) groups excluding carboxylic acids is 2. The van der Waals surface area contributed by atoms with E-state index in [0.29, 0.717) is 41.3 Å². The molecule has 0 saturated heterocycles. The lowest BCUT2D eigenvalue weighted by atomic mass is 10.1. The fourth-order valence-corrected chi connectivity index (χ4v) is 3.79. The van der Waals surface area contributed by atoms with Gasteiger partial charge in [0.1, 0.15) is 0 Å². The molecule has 0 spiro atoms. The second-order valence-electron chi connectivity index (χ2n) is 6.78. The van der Waals surface area contributed by atoms with Crippen molar-refractivity contribution >= 4 is 34.5 Å². The Bertz CT molecular complexity index is 920. The molecule has 0 fully saturated rings. The number of rotatable bonds is 8. The van der Waals surface area contributed by atoms with Crippen LogP contribution in [0.3, 0.4) is 0 Å². The quantitative estimate of drug-likeness (QED) is 0.382. The first-order valence-electron chi connectivity index (χ1n) is 9.35. The lowest BCUT2D eigenvalue weighted by Gasteiger charge is -2.19. The van der Waals surface area contributed by atoms with Crippen LogP contribution in [0.15, 0.2) is 28.2 Å². The number of methoxy groups -OCH3 is 1. The minimum absolute atomic E-state index is 0.00348. The predicted molar refractivity (Wildman–Crippen MR) is 111 cm³/mol. The van der Waals surface area contributed by atoms with Gasteiger partial charge in [0.15, 0.2) is 5.16 Å². The van der Waals surface area contributed by atoms with Crippen LogP contribution in [0, 0.1) is 5.92 Å². The number of esters is 1. The van der Waals surface area contributed by atoms with Crippen molar-refractivity contribution < 1.29 is 14.3 Å². The summed E-state index contributed by atoms with van der Waals surface area (Å²) < 4.78 is 6.36. The molecule has 1 aromatic carbocycles. The van der Waals surface area contributed by atoms with Crippen molar-refractivity contribution in [3.05, 3.63) is 34.1 Å². The Morgan fingerprint density at radius 2 is 1.93 bits per heavy atom.